The lowest BCUT2D eigenvalue weighted by Crippen LogP contribution is -2.46. The molecular weight excluding hydrogens is 319 g/mol. The van der Waals surface area contributed by atoms with Gasteiger partial charge in [-0.05, 0) is 43.5 Å². The number of carbonyl (C=O) groups is 1. The zero-order chi connectivity index (χ0) is 17.7. The number of rotatable bonds is 6. The van der Waals surface area contributed by atoms with Crippen molar-refractivity contribution in [2.24, 2.45) is 0 Å². The van der Waals surface area contributed by atoms with Gasteiger partial charge in [0.2, 0.25) is 0 Å². The van der Waals surface area contributed by atoms with Crippen LogP contribution in [0.3, 0.4) is 0 Å². The summed E-state index contributed by atoms with van der Waals surface area (Å²) in [5, 5.41) is 9.49. The molecule has 0 bridgehead atoms. The fourth-order valence-corrected chi connectivity index (χ4v) is 3.44. The molecule has 1 aromatic rings. The predicted molar refractivity (Wildman–Crippen MR) is 85.7 cm³/mol. The largest absolute Gasteiger partial charge is 0.480 e. The molecule has 1 aliphatic heterocycles. The Morgan fingerprint density at radius 1 is 1.38 bits per heavy atom. The van der Waals surface area contributed by atoms with Gasteiger partial charge in [-0.15, -0.1) is 0 Å². The van der Waals surface area contributed by atoms with Crippen LogP contribution >= 0.6 is 0 Å². The van der Waals surface area contributed by atoms with Crippen LogP contribution in [0.25, 0.3) is 0 Å². The van der Waals surface area contributed by atoms with Gasteiger partial charge in [0.05, 0.1) is 5.56 Å². The van der Waals surface area contributed by atoms with Gasteiger partial charge in [-0.3, -0.25) is 9.69 Å². The quantitative estimate of drug-likeness (QED) is 0.800. The van der Waals surface area contributed by atoms with E-state index in [1.165, 1.54) is 12.1 Å². The molecule has 134 valence electrons. The number of piperidine rings is 1. The van der Waals surface area contributed by atoms with E-state index in [1.807, 2.05) is 11.8 Å². The van der Waals surface area contributed by atoms with Gasteiger partial charge in [0.15, 0.2) is 0 Å². The minimum absolute atomic E-state index is 0.284. The van der Waals surface area contributed by atoms with Gasteiger partial charge >= 0.3 is 12.1 Å². The fourth-order valence-electron chi connectivity index (χ4n) is 3.44. The molecule has 2 rings (SSSR count). The van der Waals surface area contributed by atoms with Gasteiger partial charge in [0.25, 0.3) is 0 Å². The number of halogens is 3. The monoisotopic (exact) mass is 343 g/mol. The summed E-state index contributed by atoms with van der Waals surface area (Å²) >= 11 is 0. The number of likely N-dealkylation sites (tertiary alicyclic amines) is 1. The molecule has 2 unspecified atom stereocenters. The Hall–Kier alpha value is -1.56. The maximum Gasteiger partial charge on any atom is 0.416 e. The zero-order valence-electron chi connectivity index (χ0n) is 13.9. The molecule has 3 nitrogen and oxygen atoms in total. The highest BCUT2D eigenvalue weighted by molar-refractivity contribution is 5.73. The van der Waals surface area contributed by atoms with E-state index >= 15 is 0 Å². The summed E-state index contributed by atoms with van der Waals surface area (Å²) in [6.45, 7) is 2.63. The number of hydrogen-bond donors (Lipinski definition) is 1. The van der Waals surface area contributed by atoms with Crippen molar-refractivity contribution < 1.29 is 23.1 Å². The SMILES string of the molecule is CCCCC(c1cccc(C(F)(F)F)c1)N1CCCCC1C(=O)O. The summed E-state index contributed by atoms with van der Waals surface area (Å²) in [5.41, 5.74) is -0.114. The second-order valence-electron chi connectivity index (χ2n) is 6.37. The first-order valence-electron chi connectivity index (χ1n) is 8.50. The van der Waals surface area contributed by atoms with Crippen LogP contribution in [0, 0.1) is 0 Å². The smallest absolute Gasteiger partial charge is 0.416 e. The highest BCUT2D eigenvalue weighted by Gasteiger charge is 2.35. The lowest BCUT2D eigenvalue weighted by Gasteiger charge is -2.39. The molecular formula is C18H24F3NO2. The van der Waals surface area contributed by atoms with Crippen LogP contribution < -0.4 is 0 Å². The summed E-state index contributed by atoms with van der Waals surface area (Å²) < 4.78 is 39.1. The lowest BCUT2D eigenvalue weighted by molar-refractivity contribution is -0.146. The Morgan fingerprint density at radius 2 is 2.12 bits per heavy atom. The second kappa shape index (κ2) is 8.01. The number of alkyl halides is 3. The third-order valence-corrected chi connectivity index (χ3v) is 4.66. The standard InChI is InChI=1S/C18H24F3NO2/c1-2-3-9-15(22-11-5-4-10-16(22)17(23)24)13-7-6-8-14(12-13)18(19,20)21/h6-8,12,15-16H,2-5,9-11H2,1H3,(H,23,24). The highest BCUT2D eigenvalue weighted by atomic mass is 19.4. The summed E-state index contributed by atoms with van der Waals surface area (Å²) in [7, 11) is 0. The van der Waals surface area contributed by atoms with Crippen LogP contribution in [0.2, 0.25) is 0 Å². The molecule has 0 aromatic heterocycles. The van der Waals surface area contributed by atoms with Crippen LogP contribution in [0.1, 0.15) is 62.6 Å². The van der Waals surface area contributed by atoms with E-state index in [-0.39, 0.29) is 6.04 Å². The summed E-state index contributed by atoms with van der Waals surface area (Å²) in [6.07, 6.45) is 0.324. The lowest BCUT2D eigenvalue weighted by atomic mass is 9.92. The molecule has 1 fully saturated rings. The van der Waals surface area contributed by atoms with E-state index in [4.69, 9.17) is 0 Å². The van der Waals surface area contributed by atoms with E-state index in [2.05, 4.69) is 0 Å². The van der Waals surface area contributed by atoms with E-state index in [0.29, 0.717) is 24.9 Å². The summed E-state index contributed by atoms with van der Waals surface area (Å²) in [4.78, 5) is 13.5. The molecule has 0 aliphatic carbocycles. The average Bonchev–Trinajstić information content (AvgIpc) is 2.55. The Bertz CT molecular complexity index is 559. The topological polar surface area (TPSA) is 40.5 Å². The van der Waals surface area contributed by atoms with Crippen molar-refractivity contribution in [3.8, 4) is 0 Å². The Balaban J connectivity index is 2.35. The fraction of sp³-hybridized carbons (Fsp3) is 0.611. The molecule has 1 N–H and O–H groups in total. The molecule has 6 heteroatoms. The summed E-state index contributed by atoms with van der Waals surface area (Å²) in [5.74, 6) is -0.886. The molecule has 0 amide bonds. The van der Waals surface area contributed by atoms with E-state index in [0.717, 1.165) is 31.7 Å². The van der Waals surface area contributed by atoms with Crippen molar-refractivity contribution in [2.45, 2.75) is 63.7 Å². The first kappa shape index (κ1) is 18.8. The predicted octanol–water partition coefficient (Wildman–Crippen LogP) is 4.88. The van der Waals surface area contributed by atoms with E-state index in [9.17, 15) is 23.1 Å². The highest BCUT2D eigenvalue weighted by Crippen LogP contribution is 2.36. The molecule has 24 heavy (non-hydrogen) atoms. The number of carboxylic acid groups (broad SMARTS) is 1. The Kier molecular flexibility index (Phi) is 6.27. The van der Waals surface area contributed by atoms with Gasteiger partial charge in [-0.2, -0.15) is 13.2 Å². The third-order valence-electron chi connectivity index (χ3n) is 4.66. The van der Waals surface area contributed by atoms with Gasteiger partial charge in [-0.1, -0.05) is 38.3 Å². The second-order valence-corrected chi connectivity index (χ2v) is 6.37. The zero-order valence-corrected chi connectivity index (χ0v) is 13.9. The maximum absolute atomic E-state index is 13.0. The number of nitrogens with zero attached hydrogens (tertiary/aromatic N) is 1. The van der Waals surface area contributed by atoms with Crippen molar-refractivity contribution in [1.82, 2.24) is 4.90 Å². The first-order chi connectivity index (χ1) is 11.3. The molecule has 2 atom stereocenters. The molecule has 1 aliphatic rings. The molecule has 0 spiro atoms. The number of benzene rings is 1. The minimum atomic E-state index is -4.39. The molecule has 1 aromatic carbocycles. The Labute approximate surface area is 140 Å². The van der Waals surface area contributed by atoms with Crippen molar-refractivity contribution >= 4 is 5.97 Å². The molecule has 1 saturated heterocycles. The third kappa shape index (κ3) is 4.50. The van der Waals surface area contributed by atoms with Gasteiger partial charge in [0, 0.05) is 6.04 Å². The van der Waals surface area contributed by atoms with E-state index < -0.39 is 23.8 Å². The first-order valence-corrected chi connectivity index (χ1v) is 8.50. The van der Waals surface area contributed by atoms with Gasteiger partial charge in [0.1, 0.15) is 6.04 Å². The van der Waals surface area contributed by atoms with E-state index in [1.54, 1.807) is 6.07 Å². The van der Waals surface area contributed by atoms with Crippen LogP contribution in [0.4, 0.5) is 13.2 Å². The van der Waals surface area contributed by atoms with Crippen molar-refractivity contribution in [3.63, 3.8) is 0 Å². The number of carboxylic acids is 1. The van der Waals surface area contributed by atoms with Crippen LogP contribution in [0.15, 0.2) is 24.3 Å². The molecule has 1 heterocycles. The van der Waals surface area contributed by atoms with Crippen LogP contribution in [-0.4, -0.2) is 28.6 Å². The van der Waals surface area contributed by atoms with Gasteiger partial charge < -0.3 is 5.11 Å². The molecule has 0 saturated carbocycles. The van der Waals surface area contributed by atoms with Crippen LogP contribution in [0.5, 0.6) is 0 Å². The van der Waals surface area contributed by atoms with Crippen LogP contribution in [-0.2, 0) is 11.0 Å². The summed E-state index contributed by atoms with van der Waals surface area (Å²) in [6, 6.07) is 4.43. The number of aliphatic carboxylic acids is 1. The number of unbranched alkanes of at least 4 members (excludes halogenated alkanes) is 1. The Morgan fingerprint density at radius 3 is 2.75 bits per heavy atom. The van der Waals surface area contributed by atoms with Gasteiger partial charge in [-0.25, -0.2) is 0 Å². The molecule has 0 radical (unpaired) electrons. The average molecular weight is 343 g/mol. The minimum Gasteiger partial charge on any atom is -0.480 e. The van der Waals surface area contributed by atoms with Crippen molar-refractivity contribution in [2.75, 3.05) is 6.54 Å². The number of hydrogen-bond acceptors (Lipinski definition) is 2. The van der Waals surface area contributed by atoms with Crippen molar-refractivity contribution in [3.05, 3.63) is 35.4 Å². The maximum atomic E-state index is 13.0. The van der Waals surface area contributed by atoms with Crippen molar-refractivity contribution in [1.29, 1.82) is 0 Å². The normalized spacial score (nSPS) is 20.8.